The number of pyridine rings is 1. The van der Waals surface area contributed by atoms with Crippen molar-refractivity contribution in [3.63, 3.8) is 0 Å². The highest BCUT2D eigenvalue weighted by atomic mass is 16.7. The van der Waals surface area contributed by atoms with Crippen LogP contribution in [0.5, 0.6) is 0 Å². The van der Waals surface area contributed by atoms with Gasteiger partial charge in [0.2, 0.25) is 0 Å². The number of hydrogen-bond donors (Lipinski definition) is 2. The molecule has 36 heavy (non-hydrogen) atoms. The molecule has 0 radical (unpaired) electrons. The van der Waals surface area contributed by atoms with E-state index in [4.69, 9.17) is 14.9 Å². The molecule has 2 aromatic heterocycles. The van der Waals surface area contributed by atoms with E-state index in [9.17, 15) is 9.59 Å². The number of aryl methyl sites for hydroxylation is 2. The maximum atomic E-state index is 13.6. The van der Waals surface area contributed by atoms with Crippen LogP contribution in [0.15, 0.2) is 71.8 Å². The van der Waals surface area contributed by atoms with Crippen LogP contribution in [0.4, 0.5) is 0 Å². The summed E-state index contributed by atoms with van der Waals surface area (Å²) < 4.78 is 1.65. The van der Waals surface area contributed by atoms with Gasteiger partial charge in [0.25, 0.3) is 5.56 Å². The maximum Gasteiger partial charge on any atom is 0.303 e. The molecule has 8 nitrogen and oxygen atoms in total. The van der Waals surface area contributed by atoms with Crippen LogP contribution in [0.25, 0.3) is 16.6 Å². The predicted molar refractivity (Wildman–Crippen MR) is 136 cm³/mol. The van der Waals surface area contributed by atoms with Gasteiger partial charge in [-0.15, -0.1) is 0 Å². The van der Waals surface area contributed by atoms with Crippen LogP contribution in [0.1, 0.15) is 60.3 Å². The number of hydrogen-bond acceptors (Lipinski definition) is 6. The molecule has 3 heterocycles. The summed E-state index contributed by atoms with van der Waals surface area (Å²) in [7, 11) is 0. The van der Waals surface area contributed by atoms with Crippen LogP contribution >= 0.6 is 0 Å². The van der Waals surface area contributed by atoms with Gasteiger partial charge in [-0.25, -0.2) is 4.98 Å². The van der Waals surface area contributed by atoms with E-state index in [1.54, 1.807) is 17.0 Å². The van der Waals surface area contributed by atoms with E-state index < -0.39 is 5.97 Å². The fraction of sp³-hybridized carbons (Fsp3) is 0.286. The highest BCUT2D eigenvalue weighted by molar-refractivity contribution is 5.79. The largest absolute Gasteiger partial charge is 0.481 e. The van der Waals surface area contributed by atoms with Crippen molar-refractivity contribution >= 4 is 16.9 Å². The van der Waals surface area contributed by atoms with Gasteiger partial charge in [0.15, 0.2) is 0 Å². The van der Waals surface area contributed by atoms with Crippen molar-refractivity contribution in [3.05, 3.63) is 99.9 Å². The number of carbonyl (C=O) groups is 1. The number of carboxylic acids is 1. The van der Waals surface area contributed by atoms with Gasteiger partial charge in [0.05, 0.1) is 22.6 Å². The van der Waals surface area contributed by atoms with E-state index in [1.807, 2.05) is 61.5 Å². The van der Waals surface area contributed by atoms with Crippen LogP contribution in [-0.4, -0.2) is 25.6 Å². The minimum Gasteiger partial charge on any atom is -0.481 e. The summed E-state index contributed by atoms with van der Waals surface area (Å²) in [6.45, 7) is 2.00. The second kappa shape index (κ2) is 10.4. The highest BCUT2D eigenvalue weighted by Gasteiger charge is 2.28. The Morgan fingerprint density at radius 2 is 1.86 bits per heavy atom. The summed E-state index contributed by atoms with van der Waals surface area (Å²) >= 11 is 0. The summed E-state index contributed by atoms with van der Waals surface area (Å²) in [5.41, 5.74) is 7.53. The average molecular weight is 485 g/mol. The third-order valence-corrected chi connectivity index (χ3v) is 6.58. The number of fused-ring (bicyclic) bond motifs is 1. The van der Waals surface area contributed by atoms with Crippen LogP contribution in [0, 0.1) is 6.92 Å². The van der Waals surface area contributed by atoms with E-state index in [1.165, 1.54) is 0 Å². The third-order valence-electron chi connectivity index (χ3n) is 6.58. The number of carboxylic acid groups (broad SMARTS) is 1. The molecule has 2 aromatic carbocycles. The van der Waals surface area contributed by atoms with Crippen LogP contribution in [0.2, 0.25) is 0 Å². The molecule has 2 N–H and O–H groups in total. The van der Waals surface area contributed by atoms with Gasteiger partial charge in [-0.2, -0.15) is 5.48 Å². The van der Waals surface area contributed by atoms with Gasteiger partial charge >= 0.3 is 5.97 Å². The zero-order valence-electron chi connectivity index (χ0n) is 20.1. The monoisotopic (exact) mass is 484 g/mol. The first-order valence-electron chi connectivity index (χ1n) is 12.1. The molecule has 0 spiro atoms. The summed E-state index contributed by atoms with van der Waals surface area (Å²) in [5.74, 6) is -0.192. The number of nitrogens with zero attached hydrogens (tertiary/aromatic N) is 3. The smallest absolute Gasteiger partial charge is 0.303 e. The Bertz CT molecular complexity index is 1430. The molecule has 1 fully saturated rings. The Labute approximate surface area is 208 Å². The van der Waals surface area contributed by atoms with Crippen molar-refractivity contribution in [3.8, 4) is 5.69 Å². The first-order chi connectivity index (χ1) is 17.5. The predicted octanol–water partition coefficient (Wildman–Crippen LogP) is 4.59. The summed E-state index contributed by atoms with van der Waals surface area (Å²) in [4.78, 5) is 39.4. The van der Waals surface area contributed by atoms with E-state index in [2.05, 4.69) is 10.5 Å². The lowest BCUT2D eigenvalue weighted by Gasteiger charge is -2.15. The normalized spacial score (nSPS) is 17.5. The van der Waals surface area contributed by atoms with E-state index in [0.29, 0.717) is 36.0 Å². The average Bonchev–Trinajstić information content (AvgIpc) is 3.38. The molecule has 1 saturated heterocycles. The van der Waals surface area contributed by atoms with Crippen molar-refractivity contribution in [1.29, 1.82) is 0 Å². The van der Waals surface area contributed by atoms with E-state index >= 15 is 0 Å². The topological polar surface area (TPSA) is 106 Å². The van der Waals surface area contributed by atoms with Gasteiger partial charge in [-0.3, -0.25) is 24.0 Å². The molecule has 1 aliphatic heterocycles. The fourth-order valence-corrected chi connectivity index (χ4v) is 4.61. The highest BCUT2D eigenvalue weighted by Crippen LogP contribution is 2.35. The molecule has 2 atom stereocenters. The first-order valence-corrected chi connectivity index (χ1v) is 12.1. The molecule has 8 heteroatoms. The number of unbranched alkanes of at least 4 members (excludes halogenated alkanes) is 1. The van der Waals surface area contributed by atoms with Crippen molar-refractivity contribution in [2.75, 3.05) is 0 Å². The van der Waals surface area contributed by atoms with E-state index in [-0.39, 0.29) is 24.1 Å². The Hall–Kier alpha value is -3.88. The van der Waals surface area contributed by atoms with Gasteiger partial charge < -0.3 is 5.11 Å². The zero-order valence-corrected chi connectivity index (χ0v) is 20.1. The SMILES string of the molecule is Cc1ccc(-n2c(CCCCC(=O)O)nc3cc(C4CC(c5ccncc5)ON4)ccc3c2=O)cc1. The van der Waals surface area contributed by atoms with Crippen LogP contribution in [-0.2, 0) is 16.1 Å². The minimum atomic E-state index is -0.821. The second-order valence-electron chi connectivity index (χ2n) is 9.17. The van der Waals surface area contributed by atoms with E-state index in [0.717, 1.165) is 28.8 Å². The molecule has 5 rings (SSSR count). The Kier molecular flexibility index (Phi) is 6.88. The van der Waals surface area contributed by atoms with Gasteiger partial charge in [-0.05, 0) is 67.3 Å². The number of benzene rings is 2. The van der Waals surface area contributed by atoms with Crippen LogP contribution in [0.3, 0.4) is 0 Å². The summed E-state index contributed by atoms with van der Waals surface area (Å²) in [6.07, 6.45) is 5.92. The fourth-order valence-electron chi connectivity index (χ4n) is 4.61. The number of aliphatic carboxylic acids is 1. The number of hydroxylamine groups is 1. The second-order valence-corrected chi connectivity index (χ2v) is 9.17. The maximum absolute atomic E-state index is 13.6. The third kappa shape index (κ3) is 5.05. The lowest BCUT2D eigenvalue weighted by atomic mass is 9.98. The van der Waals surface area contributed by atoms with Crippen LogP contribution < -0.4 is 11.0 Å². The quantitative estimate of drug-likeness (QED) is 0.352. The lowest BCUT2D eigenvalue weighted by Crippen LogP contribution is -2.24. The molecule has 4 aromatic rings. The Balaban J connectivity index is 1.49. The first kappa shape index (κ1) is 23.8. The molecular formula is C28H28N4O4. The molecule has 2 unspecified atom stereocenters. The lowest BCUT2D eigenvalue weighted by molar-refractivity contribution is -0.137. The molecular weight excluding hydrogens is 456 g/mol. The summed E-state index contributed by atoms with van der Waals surface area (Å²) in [6, 6.07) is 17.4. The molecule has 0 saturated carbocycles. The summed E-state index contributed by atoms with van der Waals surface area (Å²) in [5, 5.41) is 9.53. The Morgan fingerprint density at radius 1 is 1.08 bits per heavy atom. The van der Waals surface area contributed by atoms with Crippen molar-refractivity contribution in [2.24, 2.45) is 0 Å². The molecule has 0 aliphatic carbocycles. The standard InChI is InChI=1S/C28H28N4O4/c1-18-6-9-21(10-7-18)32-26(4-2-3-5-27(33)34)30-24-16-20(8-11-22(24)28(32)35)23-17-25(36-31-23)19-12-14-29-15-13-19/h6-16,23,25,31H,2-5,17H2,1H3,(H,33,34). The molecule has 0 bridgehead atoms. The van der Waals surface area contributed by atoms with Crippen molar-refractivity contribution in [1.82, 2.24) is 20.0 Å². The molecule has 1 aliphatic rings. The number of aromatic nitrogens is 3. The molecule has 184 valence electrons. The molecule has 0 amide bonds. The zero-order chi connectivity index (χ0) is 25.1. The van der Waals surface area contributed by atoms with Crippen molar-refractivity contribution in [2.45, 2.75) is 51.2 Å². The minimum absolute atomic E-state index is 0.0343. The van der Waals surface area contributed by atoms with Crippen molar-refractivity contribution < 1.29 is 14.7 Å². The van der Waals surface area contributed by atoms with Gasteiger partial charge in [0.1, 0.15) is 11.9 Å². The number of nitrogens with one attached hydrogen (secondary N) is 1. The Morgan fingerprint density at radius 3 is 2.61 bits per heavy atom. The van der Waals surface area contributed by atoms with Gasteiger partial charge in [-0.1, -0.05) is 23.8 Å². The number of rotatable bonds is 8. The van der Waals surface area contributed by atoms with Gasteiger partial charge in [0, 0.05) is 31.7 Å².